The van der Waals surface area contributed by atoms with Crippen molar-refractivity contribution in [3.63, 3.8) is 0 Å². The maximum Gasteiger partial charge on any atom is 0.321 e. The number of piperidine rings is 1. The standard InChI is InChI=1S/C26H31N5O4/c1-34-20-5-6-24(35-2)22(16-20)28-26(33)30-12-7-18(8-13-30)19-9-14-31-23(15-19)21(17-27-31)25(32)29-10-3-4-11-29/h5-6,9,14-18H,3-4,7-8,10-13H2,1-2H3,(H,28,33). The van der Waals surface area contributed by atoms with E-state index in [1.165, 1.54) is 5.56 Å². The highest BCUT2D eigenvalue weighted by molar-refractivity contribution is 6.00. The van der Waals surface area contributed by atoms with Crippen LogP contribution in [0, 0.1) is 0 Å². The summed E-state index contributed by atoms with van der Waals surface area (Å²) in [5.41, 5.74) is 3.28. The van der Waals surface area contributed by atoms with Crippen LogP contribution in [0.5, 0.6) is 11.5 Å². The zero-order valence-corrected chi connectivity index (χ0v) is 20.2. The van der Waals surface area contributed by atoms with Gasteiger partial charge in [0.25, 0.3) is 5.91 Å². The lowest BCUT2D eigenvalue weighted by atomic mass is 9.89. The summed E-state index contributed by atoms with van der Waals surface area (Å²) in [6, 6.07) is 9.34. The normalized spacial score (nSPS) is 16.5. The second-order valence-electron chi connectivity index (χ2n) is 9.11. The Kier molecular flexibility index (Phi) is 6.48. The number of hydrogen-bond donors (Lipinski definition) is 1. The molecule has 4 heterocycles. The molecule has 5 rings (SSSR count). The van der Waals surface area contributed by atoms with Gasteiger partial charge in [-0.05, 0) is 61.4 Å². The number of nitrogens with one attached hydrogen (secondary N) is 1. The number of rotatable bonds is 5. The molecule has 2 aliphatic heterocycles. The van der Waals surface area contributed by atoms with Crippen molar-refractivity contribution in [1.82, 2.24) is 19.4 Å². The van der Waals surface area contributed by atoms with Crippen LogP contribution in [0.25, 0.3) is 5.52 Å². The number of urea groups is 1. The molecule has 2 aromatic heterocycles. The Morgan fingerprint density at radius 1 is 0.971 bits per heavy atom. The molecule has 0 spiro atoms. The van der Waals surface area contributed by atoms with E-state index in [-0.39, 0.29) is 11.9 Å². The minimum absolute atomic E-state index is 0.0640. The van der Waals surface area contributed by atoms with E-state index < -0.39 is 0 Å². The predicted molar refractivity (Wildman–Crippen MR) is 132 cm³/mol. The first kappa shape index (κ1) is 23.0. The highest BCUT2D eigenvalue weighted by Crippen LogP contribution is 2.32. The highest BCUT2D eigenvalue weighted by atomic mass is 16.5. The van der Waals surface area contributed by atoms with Crippen molar-refractivity contribution in [2.45, 2.75) is 31.6 Å². The van der Waals surface area contributed by atoms with Gasteiger partial charge in [0, 0.05) is 38.4 Å². The van der Waals surface area contributed by atoms with Gasteiger partial charge in [-0.2, -0.15) is 5.10 Å². The molecule has 3 aromatic rings. The van der Waals surface area contributed by atoms with Crippen LogP contribution < -0.4 is 14.8 Å². The van der Waals surface area contributed by atoms with Gasteiger partial charge in [0.1, 0.15) is 11.5 Å². The third kappa shape index (κ3) is 4.62. The Morgan fingerprint density at radius 3 is 2.46 bits per heavy atom. The molecular formula is C26H31N5O4. The van der Waals surface area contributed by atoms with Crippen molar-refractivity contribution in [2.24, 2.45) is 0 Å². The summed E-state index contributed by atoms with van der Waals surface area (Å²) in [5, 5.41) is 7.34. The number of anilines is 1. The minimum atomic E-state index is -0.153. The first-order valence-corrected chi connectivity index (χ1v) is 12.1. The van der Waals surface area contributed by atoms with Crippen molar-refractivity contribution in [3.8, 4) is 11.5 Å². The predicted octanol–water partition coefficient (Wildman–Crippen LogP) is 4.00. The summed E-state index contributed by atoms with van der Waals surface area (Å²) < 4.78 is 12.4. The number of carbonyl (C=O) groups excluding carboxylic acids is 2. The molecule has 1 N–H and O–H groups in total. The summed E-state index contributed by atoms with van der Waals surface area (Å²) in [5.74, 6) is 1.62. The molecule has 1 aromatic carbocycles. The number of ether oxygens (including phenoxy) is 2. The number of amides is 3. The van der Waals surface area contributed by atoms with Crippen LogP contribution in [-0.2, 0) is 0 Å². The first-order chi connectivity index (χ1) is 17.1. The quantitative estimate of drug-likeness (QED) is 0.600. The molecule has 0 aliphatic carbocycles. The summed E-state index contributed by atoms with van der Waals surface area (Å²) in [6.45, 7) is 2.93. The highest BCUT2D eigenvalue weighted by Gasteiger charge is 2.26. The maximum absolute atomic E-state index is 13.0. The molecule has 0 unspecified atom stereocenters. The molecule has 35 heavy (non-hydrogen) atoms. The van der Waals surface area contributed by atoms with Crippen molar-refractivity contribution in [1.29, 1.82) is 0 Å². The summed E-state index contributed by atoms with van der Waals surface area (Å²) in [4.78, 5) is 29.6. The maximum atomic E-state index is 13.0. The molecule has 9 heteroatoms. The monoisotopic (exact) mass is 477 g/mol. The van der Waals surface area contributed by atoms with Crippen LogP contribution in [0.1, 0.15) is 47.5 Å². The third-order valence-corrected chi connectivity index (χ3v) is 7.07. The Labute approximate surface area is 204 Å². The molecule has 0 radical (unpaired) electrons. The van der Waals surface area contributed by atoms with Crippen LogP contribution in [0.4, 0.5) is 10.5 Å². The lowest BCUT2D eigenvalue weighted by Crippen LogP contribution is -2.40. The van der Waals surface area contributed by atoms with E-state index in [4.69, 9.17) is 9.47 Å². The van der Waals surface area contributed by atoms with E-state index in [0.717, 1.165) is 44.3 Å². The number of fused-ring (bicyclic) bond motifs is 1. The molecular weight excluding hydrogens is 446 g/mol. The van der Waals surface area contributed by atoms with Crippen LogP contribution in [-0.4, -0.2) is 71.8 Å². The minimum Gasteiger partial charge on any atom is -0.497 e. The fourth-order valence-corrected chi connectivity index (χ4v) is 5.03. The van der Waals surface area contributed by atoms with Crippen LogP contribution in [0.2, 0.25) is 0 Å². The fraction of sp³-hybridized carbons (Fsp3) is 0.423. The first-order valence-electron chi connectivity index (χ1n) is 12.1. The fourth-order valence-electron chi connectivity index (χ4n) is 5.03. The molecule has 0 atom stereocenters. The van der Waals surface area contributed by atoms with E-state index in [0.29, 0.717) is 41.8 Å². The van der Waals surface area contributed by atoms with E-state index in [1.54, 1.807) is 43.1 Å². The average Bonchev–Trinajstić information content (AvgIpc) is 3.58. The molecule has 2 aliphatic rings. The van der Waals surface area contributed by atoms with E-state index >= 15 is 0 Å². The van der Waals surface area contributed by atoms with E-state index in [9.17, 15) is 9.59 Å². The number of pyridine rings is 1. The number of methoxy groups -OCH3 is 2. The molecule has 9 nitrogen and oxygen atoms in total. The second kappa shape index (κ2) is 9.85. The van der Waals surface area contributed by atoms with Gasteiger partial charge in [-0.1, -0.05) is 0 Å². The Bertz CT molecular complexity index is 1230. The average molecular weight is 478 g/mol. The number of hydrogen-bond acceptors (Lipinski definition) is 5. The number of aromatic nitrogens is 2. The topological polar surface area (TPSA) is 88.4 Å². The third-order valence-electron chi connectivity index (χ3n) is 7.07. The Balaban J connectivity index is 1.25. The Hall–Kier alpha value is -3.75. The largest absolute Gasteiger partial charge is 0.497 e. The molecule has 184 valence electrons. The lowest BCUT2D eigenvalue weighted by molar-refractivity contribution is 0.0794. The number of nitrogens with zero attached hydrogens (tertiary/aromatic N) is 4. The van der Waals surface area contributed by atoms with Gasteiger partial charge in [-0.25, -0.2) is 9.31 Å². The van der Waals surface area contributed by atoms with Crippen LogP contribution in [0.15, 0.2) is 42.7 Å². The smallest absolute Gasteiger partial charge is 0.321 e. The summed E-state index contributed by atoms with van der Waals surface area (Å²) >= 11 is 0. The van der Waals surface area contributed by atoms with Crippen molar-refractivity contribution >= 4 is 23.1 Å². The lowest BCUT2D eigenvalue weighted by Gasteiger charge is -2.32. The van der Waals surface area contributed by atoms with Crippen LogP contribution >= 0.6 is 0 Å². The van der Waals surface area contributed by atoms with Gasteiger partial charge in [0.2, 0.25) is 0 Å². The molecule has 2 saturated heterocycles. The zero-order chi connectivity index (χ0) is 24.4. The van der Waals surface area contributed by atoms with Gasteiger partial charge in [0.15, 0.2) is 0 Å². The SMILES string of the molecule is COc1ccc(OC)c(NC(=O)N2CCC(c3ccn4ncc(C(=O)N5CCCC5)c4c3)CC2)c1. The van der Waals surface area contributed by atoms with E-state index in [1.807, 2.05) is 16.0 Å². The molecule has 0 bridgehead atoms. The molecule has 3 amide bonds. The second-order valence-corrected chi connectivity index (χ2v) is 9.11. The van der Waals surface area contributed by atoms with Crippen LogP contribution in [0.3, 0.4) is 0 Å². The van der Waals surface area contributed by atoms with Gasteiger partial charge < -0.3 is 24.6 Å². The van der Waals surface area contributed by atoms with Gasteiger partial charge in [-0.15, -0.1) is 0 Å². The molecule has 0 saturated carbocycles. The van der Waals surface area contributed by atoms with E-state index in [2.05, 4.69) is 22.5 Å². The summed E-state index contributed by atoms with van der Waals surface area (Å²) in [6.07, 6.45) is 7.43. The number of benzene rings is 1. The Morgan fingerprint density at radius 2 is 1.74 bits per heavy atom. The van der Waals surface area contributed by atoms with Gasteiger partial charge in [-0.3, -0.25) is 4.79 Å². The molecule has 2 fully saturated rings. The number of carbonyl (C=O) groups is 2. The number of likely N-dealkylation sites (tertiary alicyclic amines) is 2. The van der Waals surface area contributed by atoms with Crippen molar-refractivity contribution < 1.29 is 19.1 Å². The van der Waals surface area contributed by atoms with Gasteiger partial charge in [0.05, 0.1) is 37.2 Å². The van der Waals surface area contributed by atoms with Gasteiger partial charge >= 0.3 is 6.03 Å². The van der Waals surface area contributed by atoms with Crippen molar-refractivity contribution in [2.75, 3.05) is 45.7 Å². The zero-order valence-electron chi connectivity index (χ0n) is 20.2. The summed E-state index contributed by atoms with van der Waals surface area (Å²) in [7, 11) is 3.16. The van der Waals surface area contributed by atoms with Crippen molar-refractivity contribution in [3.05, 3.63) is 53.9 Å².